The number of ether oxygens (including phenoxy) is 1. The Balaban J connectivity index is 2.04. The van der Waals surface area contributed by atoms with Crippen molar-refractivity contribution in [3.05, 3.63) is 29.8 Å². The van der Waals surface area contributed by atoms with E-state index in [9.17, 15) is 9.59 Å². The van der Waals surface area contributed by atoms with Gasteiger partial charge in [-0.1, -0.05) is 31.9 Å². The van der Waals surface area contributed by atoms with Gasteiger partial charge >= 0.3 is 5.97 Å². The average Bonchev–Trinajstić information content (AvgIpc) is 2.99. The van der Waals surface area contributed by atoms with Gasteiger partial charge in [-0.15, -0.1) is 0 Å². The van der Waals surface area contributed by atoms with Crippen molar-refractivity contribution in [3.63, 3.8) is 0 Å². The van der Waals surface area contributed by atoms with E-state index >= 15 is 0 Å². The maximum atomic E-state index is 12.4. The Labute approximate surface area is 125 Å². The molecule has 1 aromatic rings. The van der Waals surface area contributed by atoms with E-state index in [0.29, 0.717) is 5.75 Å². The Morgan fingerprint density at radius 1 is 1.24 bits per heavy atom. The summed E-state index contributed by atoms with van der Waals surface area (Å²) < 4.78 is 5.44. The zero-order valence-electron chi connectivity index (χ0n) is 12.7. The third kappa shape index (κ3) is 4.31. The van der Waals surface area contributed by atoms with Gasteiger partial charge in [-0.25, -0.2) is 4.79 Å². The highest BCUT2D eigenvalue weighted by molar-refractivity contribution is 5.84. The molecule has 1 fully saturated rings. The van der Waals surface area contributed by atoms with E-state index in [1.165, 1.54) is 12.5 Å². The molecule has 4 nitrogen and oxygen atoms in total. The second-order valence-corrected chi connectivity index (χ2v) is 5.64. The average molecular weight is 289 g/mol. The summed E-state index contributed by atoms with van der Waals surface area (Å²) in [7, 11) is 0. The number of esters is 1. The molecular formula is C17H23NO3. The van der Waals surface area contributed by atoms with Crippen LogP contribution in [-0.2, 0) is 16.0 Å². The number of hydrogen-bond acceptors (Lipinski definition) is 3. The Hall–Kier alpha value is -1.84. The molecule has 1 aliphatic rings. The van der Waals surface area contributed by atoms with Gasteiger partial charge in [0.25, 0.3) is 0 Å². The number of carbonyl (C=O) groups is 2. The van der Waals surface area contributed by atoms with Crippen molar-refractivity contribution < 1.29 is 14.3 Å². The van der Waals surface area contributed by atoms with E-state index in [2.05, 4.69) is 12.2 Å². The highest BCUT2D eigenvalue weighted by Crippen LogP contribution is 2.28. The monoisotopic (exact) mass is 289 g/mol. The first kappa shape index (κ1) is 15.5. The fourth-order valence-electron chi connectivity index (χ4n) is 2.85. The Bertz CT molecular complexity index is 489. The van der Waals surface area contributed by atoms with Crippen LogP contribution in [0, 0.1) is 5.92 Å². The molecule has 0 aliphatic heterocycles. The van der Waals surface area contributed by atoms with Gasteiger partial charge in [0.1, 0.15) is 11.8 Å². The Kier molecular flexibility index (Phi) is 5.37. The van der Waals surface area contributed by atoms with E-state index in [1.807, 2.05) is 12.1 Å². The molecule has 1 amide bonds. The molecule has 21 heavy (non-hydrogen) atoms. The van der Waals surface area contributed by atoms with E-state index < -0.39 is 6.04 Å². The predicted molar refractivity (Wildman–Crippen MR) is 81.0 cm³/mol. The van der Waals surface area contributed by atoms with Crippen LogP contribution in [0.25, 0.3) is 0 Å². The van der Waals surface area contributed by atoms with Crippen molar-refractivity contribution in [2.24, 2.45) is 5.92 Å². The minimum atomic E-state index is -0.532. The van der Waals surface area contributed by atoms with Crippen molar-refractivity contribution in [2.45, 2.75) is 52.0 Å². The lowest BCUT2D eigenvalue weighted by Gasteiger charge is -2.22. The van der Waals surface area contributed by atoms with Crippen LogP contribution in [0.15, 0.2) is 24.3 Å². The topological polar surface area (TPSA) is 55.4 Å². The summed E-state index contributed by atoms with van der Waals surface area (Å²) in [5.41, 5.74) is 1.20. The molecule has 0 heterocycles. The molecule has 0 spiro atoms. The van der Waals surface area contributed by atoms with Crippen LogP contribution in [0.1, 0.15) is 45.1 Å². The van der Waals surface area contributed by atoms with Gasteiger partial charge in [0, 0.05) is 6.92 Å². The molecule has 0 bridgehead atoms. The minimum Gasteiger partial charge on any atom is -0.425 e. The molecule has 1 aliphatic carbocycles. The third-order valence-electron chi connectivity index (χ3n) is 4.03. The van der Waals surface area contributed by atoms with E-state index in [4.69, 9.17) is 4.74 Å². The molecule has 0 aromatic heterocycles. The zero-order chi connectivity index (χ0) is 15.2. The molecule has 2 rings (SSSR count). The van der Waals surface area contributed by atoms with Crippen LogP contribution in [-0.4, -0.2) is 17.9 Å². The molecule has 0 saturated heterocycles. The number of carbonyl (C=O) groups excluding carboxylic acids is 2. The molecular weight excluding hydrogens is 266 g/mol. The second-order valence-electron chi connectivity index (χ2n) is 5.64. The number of rotatable bonds is 5. The van der Waals surface area contributed by atoms with Crippen LogP contribution in [0.2, 0.25) is 0 Å². The normalized spacial score (nSPS) is 16.5. The molecule has 1 aromatic carbocycles. The van der Waals surface area contributed by atoms with Crippen LogP contribution in [0.4, 0.5) is 0 Å². The molecule has 0 radical (unpaired) electrons. The fourth-order valence-corrected chi connectivity index (χ4v) is 2.85. The highest BCUT2D eigenvalue weighted by Gasteiger charge is 2.32. The van der Waals surface area contributed by atoms with Crippen LogP contribution >= 0.6 is 0 Å². The van der Waals surface area contributed by atoms with Gasteiger partial charge < -0.3 is 10.1 Å². The molecule has 114 valence electrons. The summed E-state index contributed by atoms with van der Waals surface area (Å²) in [5.74, 6) is 0.174. The second kappa shape index (κ2) is 7.25. The SMILES string of the molecule is CCc1ccc(OC(=O)C(NC(C)=O)C2CCCC2)cc1. The van der Waals surface area contributed by atoms with Gasteiger partial charge in [-0.05, 0) is 42.9 Å². The van der Waals surface area contributed by atoms with Crippen molar-refractivity contribution in [3.8, 4) is 5.75 Å². The third-order valence-corrected chi connectivity index (χ3v) is 4.03. The number of hydrogen-bond donors (Lipinski definition) is 1. The molecule has 1 atom stereocenters. The van der Waals surface area contributed by atoms with Crippen molar-refractivity contribution in [2.75, 3.05) is 0 Å². The van der Waals surface area contributed by atoms with Gasteiger partial charge in [-0.2, -0.15) is 0 Å². The Morgan fingerprint density at radius 2 is 1.86 bits per heavy atom. The van der Waals surface area contributed by atoms with Crippen molar-refractivity contribution in [1.29, 1.82) is 0 Å². The lowest BCUT2D eigenvalue weighted by molar-refractivity contribution is -0.140. The Morgan fingerprint density at radius 3 is 2.38 bits per heavy atom. The van der Waals surface area contributed by atoms with Crippen molar-refractivity contribution >= 4 is 11.9 Å². The fraction of sp³-hybridized carbons (Fsp3) is 0.529. The zero-order valence-corrected chi connectivity index (χ0v) is 12.7. The summed E-state index contributed by atoms with van der Waals surface area (Å²) in [4.78, 5) is 23.7. The standard InChI is InChI=1S/C17H23NO3/c1-3-13-8-10-15(11-9-13)21-17(20)16(18-12(2)19)14-6-4-5-7-14/h8-11,14,16H,3-7H2,1-2H3,(H,18,19). The summed E-state index contributed by atoms with van der Waals surface area (Å²) >= 11 is 0. The minimum absolute atomic E-state index is 0.190. The highest BCUT2D eigenvalue weighted by atomic mass is 16.5. The van der Waals surface area contributed by atoms with Gasteiger partial charge in [-0.3, -0.25) is 4.79 Å². The van der Waals surface area contributed by atoms with E-state index in [1.54, 1.807) is 12.1 Å². The number of aryl methyl sites for hydroxylation is 1. The number of nitrogens with one attached hydrogen (secondary N) is 1. The van der Waals surface area contributed by atoms with Gasteiger partial charge in [0.2, 0.25) is 5.91 Å². The first-order chi connectivity index (χ1) is 10.1. The van der Waals surface area contributed by atoms with Crippen LogP contribution in [0.5, 0.6) is 5.75 Å². The maximum Gasteiger partial charge on any atom is 0.334 e. The summed E-state index contributed by atoms with van der Waals surface area (Å²) in [6, 6.07) is 6.97. The predicted octanol–water partition coefficient (Wildman–Crippen LogP) is 2.85. The smallest absolute Gasteiger partial charge is 0.334 e. The first-order valence-electron chi connectivity index (χ1n) is 7.68. The lowest BCUT2D eigenvalue weighted by atomic mass is 9.98. The lowest BCUT2D eigenvalue weighted by Crippen LogP contribution is -2.46. The largest absolute Gasteiger partial charge is 0.425 e. The number of amides is 1. The number of benzene rings is 1. The summed E-state index contributed by atoms with van der Waals surface area (Å²) in [6.07, 6.45) is 5.10. The summed E-state index contributed by atoms with van der Waals surface area (Å²) in [5, 5.41) is 2.75. The molecule has 4 heteroatoms. The molecule has 1 N–H and O–H groups in total. The van der Waals surface area contributed by atoms with Gasteiger partial charge in [0.05, 0.1) is 0 Å². The van der Waals surface area contributed by atoms with Crippen LogP contribution in [0.3, 0.4) is 0 Å². The van der Waals surface area contributed by atoms with Crippen LogP contribution < -0.4 is 10.1 Å². The van der Waals surface area contributed by atoms with E-state index in [-0.39, 0.29) is 17.8 Å². The maximum absolute atomic E-state index is 12.4. The van der Waals surface area contributed by atoms with E-state index in [0.717, 1.165) is 32.1 Å². The van der Waals surface area contributed by atoms with Crippen molar-refractivity contribution in [1.82, 2.24) is 5.32 Å². The molecule has 1 unspecified atom stereocenters. The summed E-state index contributed by atoms with van der Waals surface area (Å²) in [6.45, 7) is 3.51. The first-order valence-corrected chi connectivity index (χ1v) is 7.68. The molecule has 1 saturated carbocycles. The van der Waals surface area contributed by atoms with Gasteiger partial charge in [0.15, 0.2) is 0 Å². The quantitative estimate of drug-likeness (QED) is 0.670.